The molecule has 0 atom stereocenters. The van der Waals surface area contributed by atoms with Gasteiger partial charge in [-0.2, -0.15) is 0 Å². The van der Waals surface area contributed by atoms with E-state index in [9.17, 15) is 4.79 Å². The van der Waals surface area contributed by atoms with E-state index in [4.69, 9.17) is 27.4 Å². The standard InChI is InChI=1S/C16H16ClN7O2/c1-11-8-14(16(25)26-7-6-20-22-18)15(9-21-23-19)24(11)10-12-2-4-13(17)5-3-12/h2-5,8H,6-7,9-10H2,1H3. The van der Waals surface area contributed by atoms with Crippen molar-refractivity contribution in [3.8, 4) is 0 Å². The molecule has 26 heavy (non-hydrogen) atoms. The zero-order valence-corrected chi connectivity index (χ0v) is 14.8. The van der Waals surface area contributed by atoms with Crippen LogP contribution in [0.2, 0.25) is 5.02 Å². The molecule has 0 aliphatic heterocycles. The first-order valence-electron chi connectivity index (χ1n) is 7.69. The molecule has 134 valence electrons. The van der Waals surface area contributed by atoms with E-state index in [1.807, 2.05) is 23.6 Å². The summed E-state index contributed by atoms with van der Waals surface area (Å²) in [5.41, 5.74) is 19.6. The first-order valence-corrected chi connectivity index (χ1v) is 8.07. The fourth-order valence-corrected chi connectivity index (χ4v) is 2.59. The molecule has 0 unspecified atom stereocenters. The molecule has 0 N–H and O–H groups in total. The molecule has 0 fully saturated rings. The number of hydrogen-bond donors (Lipinski definition) is 0. The number of esters is 1. The van der Waals surface area contributed by atoms with E-state index in [1.54, 1.807) is 18.2 Å². The summed E-state index contributed by atoms with van der Waals surface area (Å²) < 4.78 is 7.01. The zero-order chi connectivity index (χ0) is 18.9. The fraction of sp³-hybridized carbons (Fsp3) is 0.312. The van der Waals surface area contributed by atoms with Gasteiger partial charge in [0, 0.05) is 32.8 Å². The lowest BCUT2D eigenvalue weighted by Crippen LogP contribution is -2.12. The molecule has 1 aromatic carbocycles. The highest BCUT2D eigenvalue weighted by Crippen LogP contribution is 2.21. The molecule has 0 radical (unpaired) electrons. The fourth-order valence-electron chi connectivity index (χ4n) is 2.47. The van der Waals surface area contributed by atoms with E-state index < -0.39 is 5.97 Å². The Morgan fingerprint density at radius 1 is 1.23 bits per heavy atom. The molecule has 2 rings (SSSR count). The first-order chi connectivity index (χ1) is 12.6. The van der Waals surface area contributed by atoms with Gasteiger partial charge in [-0.1, -0.05) is 34.0 Å². The Labute approximate surface area is 154 Å². The third kappa shape index (κ3) is 4.94. The third-order valence-electron chi connectivity index (χ3n) is 3.66. The molecule has 0 aliphatic carbocycles. The predicted octanol–water partition coefficient (Wildman–Crippen LogP) is 4.78. The van der Waals surface area contributed by atoms with Gasteiger partial charge in [0.15, 0.2) is 0 Å². The third-order valence-corrected chi connectivity index (χ3v) is 3.91. The molecule has 1 aromatic heterocycles. The minimum atomic E-state index is -0.556. The lowest BCUT2D eigenvalue weighted by molar-refractivity contribution is 0.0515. The van der Waals surface area contributed by atoms with Gasteiger partial charge < -0.3 is 9.30 Å². The van der Waals surface area contributed by atoms with Crippen LogP contribution < -0.4 is 0 Å². The summed E-state index contributed by atoms with van der Waals surface area (Å²) in [4.78, 5) is 17.7. The molecule has 2 aromatic rings. The lowest BCUT2D eigenvalue weighted by atomic mass is 10.2. The average molecular weight is 374 g/mol. The number of rotatable bonds is 8. The number of aromatic nitrogens is 1. The molecular formula is C16H16ClN7O2. The topological polar surface area (TPSA) is 129 Å². The Morgan fingerprint density at radius 2 is 1.92 bits per heavy atom. The summed E-state index contributed by atoms with van der Waals surface area (Å²) in [5.74, 6) is -0.556. The summed E-state index contributed by atoms with van der Waals surface area (Å²) in [7, 11) is 0. The molecule has 1 heterocycles. The Hall–Kier alpha value is -3.12. The van der Waals surface area contributed by atoms with Gasteiger partial charge >= 0.3 is 5.97 Å². The lowest BCUT2D eigenvalue weighted by Gasteiger charge is -2.12. The van der Waals surface area contributed by atoms with Crippen molar-refractivity contribution in [2.45, 2.75) is 20.0 Å². The summed E-state index contributed by atoms with van der Waals surface area (Å²) in [5, 5.41) is 7.54. The average Bonchev–Trinajstić information content (AvgIpc) is 2.94. The van der Waals surface area contributed by atoms with Crippen LogP contribution in [0.4, 0.5) is 0 Å². The number of hydrogen-bond acceptors (Lipinski definition) is 4. The second-order valence-electron chi connectivity index (χ2n) is 5.34. The summed E-state index contributed by atoms with van der Waals surface area (Å²) in [6.45, 7) is 2.39. The molecule has 0 saturated carbocycles. The van der Waals surface area contributed by atoms with Crippen molar-refractivity contribution in [2.24, 2.45) is 10.2 Å². The highest BCUT2D eigenvalue weighted by molar-refractivity contribution is 6.30. The van der Waals surface area contributed by atoms with Crippen molar-refractivity contribution < 1.29 is 9.53 Å². The van der Waals surface area contributed by atoms with Gasteiger partial charge in [0.05, 0.1) is 25.3 Å². The van der Waals surface area contributed by atoms with Crippen LogP contribution in [0.5, 0.6) is 0 Å². The van der Waals surface area contributed by atoms with Crippen LogP contribution in [0.3, 0.4) is 0 Å². The Morgan fingerprint density at radius 3 is 2.58 bits per heavy atom. The molecule has 9 nitrogen and oxygen atoms in total. The Bertz CT molecular complexity index is 879. The van der Waals surface area contributed by atoms with Gasteiger partial charge in [-0.25, -0.2) is 4.79 Å². The van der Waals surface area contributed by atoms with Crippen LogP contribution in [0.1, 0.15) is 27.3 Å². The van der Waals surface area contributed by atoms with E-state index in [-0.39, 0.29) is 19.7 Å². The SMILES string of the molecule is Cc1cc(C(=O)OCCN=[N+]=[N-])c(CN=[N+]=[N-])n1Cc1ccc(Cl)cc1. The van der Waals surface area contributed by atoms with Gasteiger partial charge in [-0.15, -0.1) is 0 Å². The minimum Gasteiger partial charge on any atom is -0.462 e. The van der Waals surface area contributed by atoms with Crippen molar-refractivity contribution in [3.63, 3.8) is 0 Å². The number of carbonyl (C=O) groups excluding carboxylic acids is 1. The van der Waals surface area contributed by atoms with E-state index in [2.05, 4.69) is 20.1 Å². The van der Waals surface area contributed by atoms with Crippen molar-refractivity contribution in [3.05, 3.63) is 78.8 Å². The summed E-state index contributed by atoms with van der Waals surface area (Å²) in [6.07, 6.45) is 0. The number of azide groups is 2. The van der Waals surface area contributed by atoms with Crippen molar-refractivity contribution >= 4 is 17.6 Å². The van der Waals surface area contributed by atoms with E-state index in [0.29, 0.717) is 22.8 Å². The van der Waals surface area contributed by atoms with Gasteiger partial charge in [0.2, 0.25) is 0 Å². The molecule has 0 bridgehead atoms. The molecule has 0 spiro atoms. The number of ether oxygens (including phenoxy) is 1. The summed E-state index contributed by atoms with van der Waals surface area (Å²) in [6, 6.07) is 9.03. The summed E-state index contributed by atoms with van der Waals surface area (Å²) >= 11 is 5.91. The molecule has 0 amide bonds. The largest absolute Gasteiger partial charge is 0.462 e. The number of aryl methyl sites for hydroxylation is 1. The first kappa shape index (κ1) is 19.2. The number of halogens is 1. The highest BCUT2D eigenvalue weighted by Gasteiger charge is 2.19. The second-order valence-corrected chi connectivity index (χ2v) is 5.77. The van der Waals surface area contributed by atoms with E-state index >= 15 is 0 Å². The van der Waals surface area contributed by atoms with Crippen LogP contribution in [0.15, 0.2) is 40.6 Å². The zero-order valence-electron chi connectivity index (χ0n) is 14.0. The van der Waals surface area contributed by atoms with Gasteiger partial charge in [0.1, 0.15) is 0 Å². The molecular weight excluding hydrogens is 358 g/mol. The van der Waals surface area contributed by atoms with E-state index in [1.165, 1.54) is 0 Å². The maximum atomic E-state index is 12.3. The highest BCUT2D eigenvalue weighted by atomic mass is 35.5. The normalized spacial score (nSPS) is 9.92. The van der Waals surface area contributed by atoms with Crippen LogP contribution in [0.25, 0.3) is 20.9 Å². The van der Waals surface area contributed by atoms with Gasteiger partial charge in [0.25, 0.3) is 0 Å². The number of carbonyl (C=O) groups is 1. The van der Waals surface area contributed by atoms with Crippen LogP contribution >= 0.6 is 11.6 Å². The molecule has 0 aliphatic rings. The van der Waals surface area contributed by atoms with Gasteiger partial charge in [-0.05, 0) is 41.7 Å². The van der Waals surface area contributed by atoms with E-state index in [0.717, 1.165) is 11.3 Å². The van der Waals surface area contributed by atoms with Crippen LogP contribution in [-0.2, 0) is 17.8 Å². The quantitative estimate of drug-likeness (QED) is 0.217. The van der Waals surface area contributed by atoms with Crippen LogP contribution in [0, 0.1) is 6.92 Å². The number of nitrogens with zero attached hydrogens (tertiary/aromatic N) is 7. The number of benzene rings is 1. The second kappa shape index (κ2) is 9.39. The van der Waals surface area contributed by atoms with Gasteiger partial charge in [-0.3, -0.25) is 0 Å². The predicted molar refractivity (Wildman–Crippen MR) is 96.9 cm³/mol. The maximum absolute atomic E-state index is 12.3. The minimum absolute atomic E-state index is 0.0126. The van der Waals surface area contributed by atoms with Crippen LogP contribution in [-0.4, -0.2) is 23.7 Å². The smallest absolute Gasteiger partial charge is 0.339 e. The Kier molecular flexibility index (Phi) is 6.93. The van der Waals surface area contributed by atoms with Crippen molar-refractivity contribution in [1.29, 1.82) is 0 Å². The van der Waals surface area contributed by atoms with Crippen molar-refractivity contribution in [1.82, 2.24) is 4.57 Å². The monoisotopic (exact) mass is 373 g/mol. The maximum Gasteiger partial charge on any atom is 0.339 e. The Balaban J connectivity index is 2.30. The molecule has 10 heteroatoms. The molecule has 0 saturated heterocycles. The van der Waals surface area contributed by atoms with Crippen molar-refractivity contribution in [2.75, 3.05) is 13.2 Å².